The number of nitrogen functional groups attached to an aromatic ring is 1. The summed E-state index contributed by atoms with van der Waals surface area (Å²) in [6, 6.07) is 3.72. The van der Waals surface area contributed by atoms with Crippen LogP contribution in [0.3, 0.4) is 0 Å². The number of anilines is 2. The maximum atomic E-state index is 5.42. The van der Waals surface area contributed by atoms with Crippen LogP contribution in [0.4, 0.5) is 11.5 Å². The maximum absolute atomic E-state index is 5.42. The van der Waals surface area contributed by atoms with Crippen LogP contribution in [-0.4, -0.2) is 11.5 Å². The van der Waals surface area contributed by atoms with Crippen molar-refractivity contribution in [1.29, 1.82) is 0 Å². The fourth-order valence-corrected chi connectivity index (χ4v) is 0.779. The van der Waals surface area contributed by atoms with E-state index in [9.17, 15) is 0 Å². The van der Waals surface area contributed by atoms with E-state index in [1.54, 1.807) is 12.3 Å². The number of pyridine rings is 1. The summed E-state index contributed by atoms with van der Waals surface area (Å²) in [5.74, 6) is 0.562. The van der Waals surface area contributed by atoms with Crippen molar-refractivity contribution in [2.24, 2.45) is 0 Å². The highest BCUT2D eigenvalue weighted by molar-refractivity contribution is 5.44. The van der Waals surface area contributed by atoms with Crippen LogP contribution >= 0.6 is 0 Å². The second-order valence-corrected chi connectivity index (χ2v) is 2.40. The van der Waals surface area contributed by atoms with E-state index in [0.29, 0.717) is 5.82 Å². The highest BCUT2D eigenvalue weighted by Gasteiger charge is 1.89. The first-order chi connectivity index (χ1) is 5.33. The van der Waals surface area contributed by atoms with Crippen molar-refractivity contribution in [3.05, 3.63) is 18.3 Å². The Kier molecular flexibility index (Phi) is 2.72. The lowest BCUT2D eigenvalue weighted by Crippen LogP contribution is -2.00. The fourth-order valence-electron chi connectivity index (χ4n) is 0.779. The average molecular weight is 151 g/mol. The predicted molar refractivity (Wildman–Crippen MR) is 47.4 cm³/mol. The first kappa shape index (κ1) is 7.85. The van der Waals surface area contributed by atoms with Crippen LogP contribution in [0, 0.1) is 0 Å². The SMILES string of the molecule is CCCNc1ccc(N)nc1. The number of nitrogens with one attached hydrogen (secondary N) is 1. The molecule has 11 heavy (non-hydrogen) atoms. The van der Waals surface area contributed by atoms with E-state index in [0.717, 1.165) is 18.7 Å². The van der Waals surface area contributed by atoms with Gasteiger partial charge in [-0.1, -0.05) is 6.92 Å². The molecule has 1 heterocycles. The average Bonchev–Trinajstić information content (AvgIpc) is 2.04. The Balaban J connectivity index is 2.52. The third-order valence-corrected chi connectivity index (χ3v) is 1.37. The van der Waals surface area contributed by atoms with Crippen molar-refractivity contribution in [2.45, 2.75) is 13.3 Å². The molecule has 0 aliphatic rings. The minimum absolute atomic E-state index is 0.562. The van der Waals surface area contributed by atoms with Crippen LogP contribution in [0.15, 0.2) is 18.3 Å². The Morgan fingerprint density at radius 3 is 2.91 bits per heavy atom. The molecule has 3 N–H and O–H groups in total. The van der Waals surface area contributed by atoms with Gasteiger partial charge in [0.25, 0.3) is 0 Å². The Morgan fingerprint density at radius 2 is 2.36 bits per heavy atom. The summed E-state index contributed by atoms with van der Waals surface area (Å²) in [7, 11) is 0. The van der Waals surface area contributed by atoms with Crippen LogP contribution in [0.25, 0.3) is 0 Å². The van der Waals surface area contributed by atoms with Gasteiger partial charge in [0.1, 0.15) is 5.82 Å². The molecule has 3 heteroatoms. The van der Waals surface area contributed by atoms with Crippen molar-refractivity contribution in [1.82, 2.24) is 4.98 Å². The standard InChI is InChI=1S/C8H13N3/c1-2-5-10-7-3-4-8(9)11-6-7/h3-4,6,10H,2,5H2,1H3,(H2,9,11). The van der Waals surface area contributed by atoms with E-state index in [4.69, 9.17) is 5.73 Å². The summed E-state index contributed by atoms with van der Waals surface area (Å²) in [6.07, 6.45) is 2.86. The van der Waals surface area contributed by atoms with Gasteiger partial charge in [-0.2, -0.15) is 0 Å². The van der Waals surface area contributed by atoms with Gasteiger partial charge in [-0.15, -0.1) is 0 Å². The molecule has 0 atom stereocenters. The molecule has 1 rings (SSSR count). The molecule has 3 nitrogen and oxygen atoms in total. The van der Waals surface area contributed by atoms with E-state index >= 15 is 0 Å². The Labute approximate surface area is 66.6 Å². The van der Waals surface area contributed by atoms with Gasteiger partial charge in [0.05, 0.1) is 11.9 Å². The second-order valence-electron chi connectivity index (χ2n) is 2.40. The van der Waals surface area contributed by atoms with Crippen molar-refractivity contribution in [2.75, 3.05) is 17.6 Å². The fraction of sp³-hybridized carbons (Fsp3) is 0.375. The van der Waals surface area contributed by atoms with E-state index in [2.05, 4.69) is 17.2 Å². The topological polar surface area (TPSA) is 50.9 Å². The van der Waals surface area contributed by atoms with E-state index in [-0.39, 0.29) is 0 Å². The lowest BCUT2D eigenvalue weighted by Gasteiger charge is -2.02. The number of nitrogens with zero attached hydrogens (tertiary/aromatic N) is 1. The molecular formula is C8H13N3. The third-order valence-electron chi connectivity index (χ3n) is 1.37. The van der Waals surface area contributed by atoms with Gasteiger partial charge in [0, 0.05) is 6.54 Å². The lowest BCUT2D eigenvalue weighted by molar-refractivity contribution is 0.978. The van der Waals surface area contributed by atoms with Gasteiger partial charge in [-0.3, -0.25) is 0 Å². The molecule has 0 fully saturated rings. The van der Waals surface area contributed by atoms with Crippen molar-refractivity contribution in [3.8, 4) is 0 Å². The Morgan fingerprint density at radius 1 is 1.55 bits per heavy atom. The highest BCUT2D eigenvalue weighted by atomic mass is 14.9. The molecule has 0 bridgehead atoms. The Bertz CT molecular complexity index is 205. The van der Waals surface area contributed by atoms with Crippen LogP contribution < -0.4 is 11.1 Å². The first-order valence-corrected chi connectivity index (χ1v) is 3.78. The summed E-state index contributed by atoms with van der Waals surface area (Å²) in [5.41, 5.74) is 6.45. The van der Waals surface area contributed by atoms with Crippen molar-refractivity contribution >= 4 is 11.5 Å². The zero-order valence-electron chi connectivity index (χ0n) is 6.67. The molecule has 0 aromatic carbocycles. The van der Waals surface area contributed by atoms with Crippen molar-refractivity contribution < 1.29 is 0 Å². The molecule has 0 radical (unpaired) electrons. The summed E-state index contributed by atoms with van der Waals surface area (Å²) >= 11 is 0. The second kappa shape index (κ2) is 3.81. The number of aromatic nitrogens is 1. The molecule has 0 aliphatic carbocycles. The summed E-state index contributed by atoms with van der Waals surface area (Å²) in [5, 5.41) is 3.20. The normalized spacial score (nSPS) is 9.55. The van der Waals surface area contributed by atoms with E-state index in [1.165, 1.54) is 0 Å². The molecule has 0 aliphatic heterocycles. The first-order valence-electron chi connectivity index (χ1n) is 3.78. The van der Waals surface area contributed by atoms with Gasteiger partial charge in [0.2, 0.25) is 0 Å². The minimum Gasteiger partial charge on any atom is -0.384 e. The van der Waals surface area contributed by atoms with Crippen LogP contribution in [0.1, 0.15) is 13.3 Å². The van der Waals surface area contributed by atoms with Gasteiger partial charge < -0.3 is 11.1 Å². The predicted octanol–water partition coefficient (Wildman–Crippen LogP) is 1.49. The minimum atomic E-state index is 0.562. The number of hydrogen-bond acceptors (Lipinski definition) is 3. The zero-order valence-corrected chi connectivity index (χ0v) is 6.67. The van der Waals surface area contributed by atoms with Gasteiger partial charge in [-0.05, 0) is 18.6 Å². The molecule has 1 aromatic heterocycles. The summed E-state index contributed by atoms with van der Waals surface area (Å²) in [6.45, 7) is 3.10. The van der Waals surface area contributed by atoms with E-state index in [1.807, 2.05) is 6.07 Å². The molecule has 1 aromatic rings. The molecule has 0 saturated carbocycles. The smallest absolute Gasteiger partial charge is 0.123 e. The molecule has 0 saturated heterocycles. The van der Waals surface area contributed by atoms with Crippen LogP contribution in [0.5, 0.6) is 0 Å². The summed E-state index contributed by atoms with van der Waals surface area (Å²) < 4.78 is 0. The molecule has 0 unspecified atom stereocenters. The Hall–Kier alpha value is -1.25. The van der Waals surface area contributed by atoms with Gasteiger partial charge >= 0.3 is 0 Å². The number of rotatable bonds is 3. The number of nitrogens with two attached hydrogens (primary N) is 1. The quantitative estimate of drug-likeness (QED) is 0.688. The molecular weight excluding hydrogens is 138 g/mol. The summed E-state index contributed by atoms with van der Waals surface area (Å²) in [4.78, 5) is 3.95. The van der Waals surface area contributed by atoms with Crippen LogP contribution in [-0.2, 0) is 0 Å². The molecule has 60 valence electrons. The third kappa shape index (κ3) is 2.45. The van der Waals surface area contributed by atoms with Crippen LogP contribution in [0.2, 0.25) is 0 Å². The van der Waals surface area contributed by atoms with E-state index < -0.39 is 0 Å². The number of hydrogen-bond donors (Lipinski definition) is 2. The monoisotopic (exact) mass is 151 g/mol. The lowest BCUT2D eigenvalue weighted by atomic mass is 10.4. The van der Waals surface area contributed by atoms with Gasteiger partial charge in [-0.25, -0.2) is 4.98 Å². The molecule has 0 amide bonds. The van der Waals surface area contributed by atoms with Gasteiger partial charge in [0.15, 0.2) is 0 Å². The molecule has 0 spiro atoms. The maximum Gasteiger partial charge on any atom is 0.123 e. The zero-order chi connectivity index (χ0) is 8.10. The van der Waals surface area contributed by atoms with Crippen molar-refractivity contribution in [3.63, 3.8) is 0 Å². The largest absolute Gasteiger partial charge is 0.384 e. The highest BCUT2D eigenvalue weighted by Crippen LogP contribution is 2.06.